The molecule has 3 rings (SSSR count). The summed E-state index contributed by atoms with van der Waals surface area (Å²) in [6.45, 7) is 1.89. The maximum atomic E-state index is 12.6. The summed E-state index contributed by atoms with van der Waals surface area (Å²) in [6, 6.07) is 6.47. The van der Waals surface area contributed by atoms with Gasteiger partial charge in [-0.1, -0.05) is 5.92 Å². The number of benzene rings is 1. The molecule has 2 N–H and O–H groups in total. The second kappa shape index (κ2) is 8.67. The molecule has 0 amide bonds. The van der Waals surface area contributed by atoms with Crippen molar-refractivity contribution in [1.82, 2.24) is 14.3 Å². The molecule has 8 nitrogen and oxygen atoms in total. The number of nitrogens with one attached hydrogen (secondary N) is 2. The molecule has 142 valence electrons. The van der Waals surface area contributed by atoms with Gasteiger partial charge in [-0.15, -0.1) is 6.42 Å². The smallest absolute Gasteiger partial charge is 0.243 e. The molecule has 1 aliphatic heterocycles. The summed E-state index contributed by atoms with van der Waals surface area (Å²) in [6.07, 6.45) is 6.85. The molecule has 1 saturated heterocycles. The van der Waals surface area contributed by atoms with E-state index in [0.29, 0.717) is 54.8 Å². The highest BCUT2D eigenvalue weighted by Crippen LogP contribution is 2.23. The van der Waals surface area contributed by atoms with Gasteiger partial charge in [0, 0.05) is 25.0 Å². The molecular formula is C17H18BrN5O3S. The molecule has 1 fully saturated rings. The predicted molar refractivity (Wildman–Crippen MR) is 106 cm³/mol. The van der Waals surface area contributed by atoms with Crippen molar-refractivity contribution in [3.05, 3.63) is 34.9 Å². The van der Waals surface area contributed by atoms with Gasteiger partial charge in [0.1, 0.15) is 5.82 Å². The summed E-state index contributed by atoms with van der Waals surface area (Å²) in [5, 5.41) is 6.03. The van der Waals surface area contributed by atoms with Gasteiger partial charge < -0.3 is 15.4 Å². The first-order chi connectivity index (χ1) is 13.0. The van der Waals surface area contributed by atoms with Crippen LogP contribution in [0.3, 0.4) is 0 Å². The van der Waals surface area contributed by atoms with Crippen LogP contribution < -0.4 is 10.6 Å². The average Bonchev–Trinajstić information content (AvgIpc) is 2.69. The molecule has 0 spiro atoms. The van der Waals surface area contributed by atoms with E-state index < -0.39 is 10.0 Å². The third kappa shape index (κ3) is 4.75. The molecule has 0 unspecified atom stereocenters. The number of morpholine rings is 1. The van der Waals surface area contributed by atoms with E-state index in [1.807, 2.05) is 0 Å². The van der Waals surface area contributed by atoms with E-state index in [1.54, 1.807) is 30.5 Å². The van der Waals surface area contributed by atoms with E-state index in [9.17, 15) is 8.42 Å². The van der Waals surface area contributed by atoms with Crippen molar-refractivity contribution in [1.29, 1.82) is 0 Å². The number of sulfonamides is 1. The van der Waals surface area contributed by atoms with Gasteiger partial charge in [-0.05, 0) is 40.2 Å². The largest absolute Gasteiger partial charge is 0.379 e. The van der Waals surface area contributed by atoms with Crippen LogP contribution in [0.15, 0.2) is 39.8 Å². The van der Waals surface area contributed by atoms with Gasteiger partial charge >= 0.3 is 0 Å². The van der Waals surface area contributed by atoms with Crippen LogP contribution in [-0.2, 0) is 14.8 Å². The van der Waals surface area contributed by atoms with E-state index in [2.05, 4.69) is 42.5 Å². The van der Waals surface area contributed by atoms with Gasteiger partial charge in [0.05, 0.1) is 29.1 Å². The number of rotatable bonds is 6. The topological polar surface area (TPSA) is 96.5 Å². The molecule has 0 saturated carbocycles. The van der Waals surface area contributed by atoms with E-state index in [0.717, 1.165) is 0 Å². The SMILES string of the molecule is C#CCNc1nc(Nc2ccc(S(=O)(=O)N3CCOCC3)cc2)ncc1Br. The Morgan fingerprint density at radius 2 is 1.96 bits per heavy atom. The monoisotopic (exact) mass is 451 g/mol. The first kappa shape index (κ1) is 19.6. The average molecular weight is 452 g/mol. The number of hydrogen-bond donors (Lipinski definition) is 2. The highest BCUT2D eigenvalue weighted by atomic mass is 79.9. The van der Waals surface area contributed by atoms with Crippen molar-refractivity contribution in [2.24, 2.45) is 0 Å². The molecule has 2 aromatic rings. The quantitative estimate of drug-likeness (QED) is 0.648. The lowest BCUT2D eigenvalue weighted by Gasteiger charge is -2.26. The zero-order valence-electron chi connectivity index (χ0n) is 14.4. The van der Waals surface area contributed by atoms with Crippen molar-refractivity contribution < 1.29 is 13.2 Å². The number of ether oxygens (including phenoxy) is 1. The molecule has 2 heterocycles. The van der Waals surface area contributed by atoms with Crippen LogP contribution in [0.4, 0.5) is 17.5 Å². The fraction of sp³-hybridized carbons (Fsp3) is 0.294. The Morgan fingerprint density at radius 1 is 1.26 bits per heavy atom. The standard InChI is InChI=1S/C17H18BrN5O3S/c1-2-7-19-16-15(18)12-20-17(22-16)21-13-3-5-14(6-4-13)27(24,25)23-8-10-26-11-9-23/h1,3-6,12H,7-11H2,(H2,19,20,21,22). The third-order valence-electron chi connectivity index (χ3n) is 3.82. The lowest BCUT2D eigenvalue weighted by atomic mass is 10.3. The molecule has 0 aliphatic carbocycles. The lowest BCUT2D eigenvalue weighted by molar-refractivity contribution is 0.0730. The number of hydrogen-bond acceptors (Lipinski definition) is 7. The lowest BCUT2D eigenvalue weighted by Crippen LogP contribution is -2.40. The summed E-state index contributed by atoms with van der Waals surface area (Å²) in [7, 11) is -3.51. The second-order valence-corrected chi connectivity index (χ2v) is 8.41. The Hall–Kier alpha value is -2.19. The van der Waals surface area contributed by atoms with Gasteiger partial charge in [-0.25, -0.2) is 13.4 Å². The first-order valence-electron chi connectivity index (χ1n) is 8.15. The van der Waals surface area contributed by atoms with Gasteiger partial charge in [0.15, 0.2) is 0 Å². The molecule has 1 aromatic carbocycles. The molecule has 27 heavy (non-hydrogen) atoms. The first-order valence-corrected chi connectivity index (χ1v) is 10.4. The van der Waals surface area contributed by atoms with Crippen LogP contribution in [0, 0.1) is 12.3 Å². The van der Waals surface area contributed by atoms with Crippen molar-refractivity contribution in [2.75, 3.05) is 43.5 Å². The van der Waals surface area contributed by atoms with E-state index >= 15 is 0 Å². The van der Waals surface area contributed by atoms with Crippen LogP contribution in [-0.4, -0.2) is 55.5 Å². The van der Waals surface area contributed by atoms with E-state index in [-0.39, 0.29) is 4.90 Å². The maximum absolute atomic E-state index is 12.6. The highest BCUT2D eigenvalue weighted by Gasteiger charge is 2.26. The van der Waals surface area contributed by atoms with Crippen molar-refractivity contribution in [3.63, 3.8) is 0 Å². The van der Waals surface area contributed by atoms with Gasteiger partial charge in [0.2, 0.25) is 16.0 Å². The third-order valence-corrected chi connectivity index (χ3v) is 6.31. The van der Waals surface area contributed by atoms with Crippen molar-refractivity contribution in [3.8, 4) is 12.3 Å². The fourth-order valence-electron chi connectivity index (χ4n) is 2.46. The summed E-state index contributed by atoms with van der Waals surface area (Å²) < 4.78 is 32.6. The number of anilines is 3. The number of terminal acetylenes is 1. The van der Waals surface area contributed by atoms with Gasteiger partial charge in [-0.2, -0.15) is 9.29 Å². The number of nitrogens with zero attached hydrogens (tertiary/aromatic N) is 3. The van der Waals surface area contributed by atoms with Crippen LogP contribution >= 0.6 is 15.9 Å². The zero-order valence-corrected chi connectivity index (χ0v) is 16.8. The number of aromatic nitrogens is 2. The molecule has 0 atom stereocenters. The Morgan fingerprint density at radius 3 is 2.63 bits per heavy atom. The van der Waals surface area contributed by atoms with Crippen molar-refractivity contribution in [2.45, 2.75) is 4.90 Å². The molecule has 0 radical (unpaired) electrons. The minimum Gasteiger partial charge on any atom is -0.379 e. The summed E-state index contributed by atoms with van der Waals surface area (Å²) in [5.41, 5.74) is 0.668. The molecular weight excluding hydrogens is 434 g/mol. The Labute approximate surface area is 166 Å². The summed E-state index contributed by atoms with van der Waals surface area (Å²) in [5.74, 6) is 3.41. The minimum absolute atomic E-state index is 0.239. The maximum Gasteiger partial charge on any atom is 0.243 e. The zero-order chi connectivity index (χ0) is 19.3. The van der Waals surface area contributed by atoms with Crippen LogP contribution in [0.1, 0.15) is 0 Å². The number of halogens is 1. The summed E-state index contributed by atoms with van der Waals surface area (Å²) in [4.78, 5) is 8.76. The van der Waals surface area contributed by atoms with Gasteiger partial charge in [-0.3, -0.25) is 0 Å². The molecule has 10 heteroatoms. The molecule has 0 bridgehead atoms. The Kier molecular flexibility index (Phi) is 6.28. The minimum atomic E-state index is -3.51. The van der Waals surface area contributed by atoms with Crippen LogP contribution in [0.2, 0.25) is 0 Å². The Balaban J connectivity index is 1.73. The predicted octanol–water partition coefficient (Wildman–Crippen LogP) is 2.05. The second-order valence-electron chi connectivity index (χ2n) is 5.61. The Bertz CT molecular complexity index is 938. The van der Waals surface area contributed by atoms with E-state index in [1.165, 1.54) is 4.31 Å². The highest BCUT2D eigenvalue weighted by molar-refractivity contribution is 9.10. The molecule has 1 aromatic heterocycles. The van der Waals surface area contributed by atoms with Crippen molar-refractivity contribution >= 4 is 43.4 Å². The normalized spacial score (nSPS) is 15.1. The van der Waals surface area contributed by atoms with Crippen LogP contribution in [0.5, 0.6) is 0 Å². The summed E-state index contributed by atoms with van der Waals surface area (Å²) >= 11 is 3.35. The van der Waals surface area contributed by atoms with E-state index in [4.69, 9.17) is 11.2 Å². The van der Waals surface area contributed by atoms with Crippen LogP contribution in [0.25, 0.3) is 0 Å². The fourth-order valence-corrected chi connectivity index (χ4v) is 4.20. The van der Waals surface area contributed by atoms with Gasteiger partial charge in [0.25, 0.3) is 0 Å². The molecule has 1 aliphatic rings.